The van der Waals surface area contributed by atoms with Gasteiger partial charge in [0.05, 0.1) is 0 Å². The molecule has 0 saturated heterocycles. The molecule has 6 heteroatoms. The van der Waals surface area contributed by atoms with E-state index in [9.17, 15) is 18.3 Å². The second-order valence-electron chi connectivity index (χ2n) is 6.02. The van der Waals surface area contributed by atoms with Crippen molar-refractivity contribution in [2.24, 2.45) is 0 Å². The van der Waals surface area contributed by atoms with Gasteiger partial charge in [-0.25, -0.2) is 0 Å². The summed E-state index contributed by atoms with van der Waals surface area (Å²) in [4.78, 5) is 1.45. The Balaban J connectivity index is 1.97. The standard InChI is InChI=1S/C19H18F3NO2/c1-23(12-13-7-3-2-4-8-13)17(18(24)19(20,21)22)16-11-14-9-5-6-10-15(14)25-16/h2-11,17-18,24H,12H2,1H3/t17-,18-/m1/s1. The van der Waals surface area contributed by atoms with Crippen LogP contribution in [0.15, 0.2) is 65.1 Å². The number of hydrogen-bond acceptors (Lipinski definition) is 3. The fraction of sp³-hybridized carbons (Fsp3) is 0.263. The molecule has 3 rings (SSSR count). The summed E-state index contributed by atoms with van der Waals surface area (Å²) in [6, 6.07) is 16.3. The molecule has 1 heterocycles. The summed E-state index contributed by atoms with van der Waals surface area (Å²) >= 11 is 0. The summed E-state index contributed by atoms with van der Waals surface area (Å²) in [5.41, 5.74) is 1.34. The number of hydrogen-bond donors (Lipinski definition) is 1. The van der Waals surface area contributed by atoms with Gasteiger partial charge in [-0.1, -0.05) is 48.5 Å². The third-order valence-corrected chi connectivity index (χ3v) is 4.12. The molecule has 0 aliphatic heterocycles. The molecule has 0 amide bonds. The number of aliphatic hydroxyl groups excluding tert-OH is 1. The van der Waals surface area contributed by atoms with Gasteiger partial charge in [0.25, 0.3) is 0 Å². The Morgan fingerprint density at radius 2 is 1.68 bits per heavy atom. The van der Waals surface area contributed by atoms with Crippen LogP contribution in [0.2, 0.25) is 0 Å². The monoisotopic (exact) mass is 349 g/mol. The van der Waals surface area contributed by atoms with Gasteiger partial charge in [0.15, 0.2) is 6.10 Å². The van der Waals surface area contributed by atoms with Crippen molar-refractivity contribution in [3.63, 3.8) is 0 Å². The highest BCUT2D eigenvalue weighted by Crippen LogP contribution is 2.36. The number of aliphatic hydroxyl groups is 1. The number of para-hydroxylation sites is 1. The number of alkyl halides is 3. The van der Waals surface area contributed by atoms with E-state index in [1.54, 1.807) is 37.4 Å². The molecule has 25 heavy (non-hydrogen) atoms. The zero-order chi connectivity index (χ0) is 18.0. The van der Waals surface area contributed by atoms with Gasteiger partial charge < -0.3 is 9.52 Å². The topological polar surface area (TPSA) is 36.6 Å². The molecule has 0 unspecified atom stereocenters. The minimum Gasteiger partial charge on any atom is -0.459 e. The van der Waals surface area contributed by atoms with Crippen molar-refractivity contribution in [1.29, 1.82) is 0 Å². The molecule has 2 aromatic carbocycles. The summed E-state index contributed by atoms with van der Waals surface area (Å²) in [5.74, 6) is 0.0875. The minimum atomic E-state index is -4.76. The van der Waals surface area contributed by atoms with Crippen molar-refractivity contribution in [1.82, 2.24) is 4.90 Å². The minimum absolute atomic E-state index is 0.0875. The molecule has 0 aliphatic rings. The lowest BCUT2D eigenvalue weighted by Crippen LogP contribution is -2.42. The number of furan rings is 1. The summed E-state index contributed by atoms with van der Waals surface area (Å²) in [5, 5.41) is 10.6. The average Bonchev–Trinajstić information content (AvgIpc) is 2.98. The maximum absolute atomic E-state index is 13.2. The van der Waals surface area contributed by atoms with E-state index in [0.29, 0.717) is 11.0 Å². The van der Waals surface area contributed by atoms with Crippen molar-refractivity contribution >= 4 is 11.0 Å². The molecule has 0 bridgehead atoms. The number of halogens is 3. The van der Waals surface area contributed by atoms with Gasteiger partial charge in [-0.2, -0.15) is 13.2 Å². The third kappa shape index (κ3) is 3.86. The van der Waals surface area contributed by atoms with Crippen LogP contribution in [0.4, 0.5) is 13.2 Å². The second-order valence-corrected chi connectivity index (χ2v) is 6.02. The van der Waals surface area contributed by atoms with Crippen LogP contribution in [0.25, 0.3) is 11.0 Å². The lowest BCUT2D eigenvalue weighted by atomic mass is 10.0. The van der Waals surface area contributed by atoms with Crippen molar-refractivity contribution in [2.75, 3.05) is 7.05 Å². The van der Waals surface area contributed by atoms with E-state index in [0.717, 1.165) is 5.56 Å². The molecule has 1 aromatic heterocycles. The van der Waals surface area contributed by atoms with E-state index in [1.165, 1.54) is 4.90 Å². The van der Waals surface area contributed by atoms with Crippen molar-refractivity contribution in [3.05, 3.63) is 72.0 Å². The molecule has 1 N–H and O–H groups in total. The van der Waals surface area contributed by atoms with Crippen LogP contribution in [0.1, 0.15) is 17.4 Å². The van der Waals surface area contributed by atoms with Crippen LogP contribution in [0.3, 0.4) is 0 Å². The van der Waals surface area contributed by atoms with E-state index in [-0.39, 0.29) is 12.3 Å². The molecule has 3 nitrogen and oxygen atoms in total. The number of nitrogens with zero attached hydrogens (tertiary/aromatic N) is 1. The van der Waals surface area contributed by atoms with Gasteiger partial charge in [0.1, 0.15) is 17.4 Å². The Labute approximate surface area is 143 Å². The van der Waals surface area contributed by atoms with Gasteiger partial charge in [0, 0.05) is 11.9 Å². The van der Waals surface area contributed by atoms with E-state index in [4.69, 9.17) is 4.42 Å². The Bertz CT molecular complexity index is 796. The van der Waals surface area contributed by atoms with Crippen LogP contribution in [-0.2, 0) is 6.54 Å². The number of benzene rings is 2. The van der Waals surface area contributed by atoms with Crippen LogP contribution in [0.5, 0.6) is 0 Å². The Hall–Kier alpha value is -2.31. The zero-order valence-corrected chi connectivity index (χ0v) is 13.6. The zero-order valence-electron chi connectivity index (χ0n) is 13.6. The quantitative estimate of drug-likeness (QED) is 0.735. The van der Waals surface area contributed by atoms with E-state index in [2.05, 4.69) is 0 Å². The van der Waals surface area contributed by atoms with Crippen LogP contribution in [-0.4, -0.2) is 29.3 Å². The SMILES string of the molecule is CN(Cc1ccccc1)[C@H](c1cc2ccccc2o1)[C@@H](O)C(F)(F)F. The Morgan fingerprint density at radius 3 is 2.32 bits per heavy atom. The lowest BCUT2D eigenvalue weighted by Gasteiger charge is -2.31. The fourth-order valence-corrected chi connectivity index (χ4v) is 2.91. The van der Waals surface area contributed by atoms with Gasteiger partial charge >= 0.3 is 6.18 Å². The lowest BCUT2D eigenvalue weighted by molar-refractivity contribution is -0.224. The smallest absolute Gasteiger partial charge is 0.416 e. The largest absolute Gasteiger partial charge is 0.459 e. The molecule has 0 spiro atoms. The van der Waals surface area contributed by atoms with Crippen molar-refractivity contribution in [2.45, 2.75) is 24.9 Å². The molecular weight excluding hydrogens is 331 g/mol. The summed E-state index contributed by atoms with van der Waals surface area (Å²) in [6.45, 7) is 0.246. The van der Waals surface area contributed by atoms with Crippen LogP contribution < -0.4 is 0 Å². The summed E-state index contributed by atoms with van der Waals surface area (Å²) in [7, 11) is 1.54. The summed E-state index contributed by atoms with van der Waals surface area (Å²) in [6.07, 6.45) is -7.31. The first kappa shape index (κ1) is 17.5. The Morgan fingerprint density at radius 1 is 1.04 bits per heavy atom. The molecule has 0 radical (unpaired) electrons. The normalized spacial score (nSPS) is 14.8. The predicted molar refractivity (Wildman–Crippen MR) is 88.9 cm³/mol. The highest BCUT2D eigenvalue weighted by molar-refractivity contribution is 5.77. The van der Waals surface area contributed by atoms with E-state index < -0.39 is 18.3 Å². The van der Waals surface area contributed by atoms with Gasteiger partial charge in [-0.15, -0.1) is 0 Å². The molecule has 0 aliphatic carbocycles. The number of rotatable bonds is 5. The maximum Gasteiger partial charge on any atom is 0.416 e. The van der Waals surface area contributed by atoms with Gasteiger partial charge in [-0.3, -0.25) is 4.90 Å². The van der Waals surface area contributed by atoms with E-state index in [1.807, 2.05) is 30.3 Å². The van der Waals surface area contributed by atoms with E-state index >= 15 is 0 Å². The van der Waals surface area contributed by atoms with Crippen LogP contribution >= 0.6 is 0 Å². The Kier molecular flexibility index (Phi) is 4.83. The highest BCUT2D eigenvalue weighted by Gasteiger charge is 2.47. The number of likely N-dealkylation sites (N-methyl/N-ethyl adjacent to an activating group) is 1. The third-order valence-electron chi connectivity index (χ3n) is 4.12. The number of fused-ring (bicyclic) bond motifs is 1. The molecule has 0 fully saturated rings. The predicted octanol–water partition coefficient (Wildman–Crippen LogP) is 4.53. The molecular formula is C19H18F3NO2. The van der Waals surface area contributed by atoms with Crippen LogP contribution in [0, 0.1) is 0 Å². The fourth-order valence-electron chi connectivity index (χ4n) is 2.91. The maximum atomic E-state index is 13.2. The molecule has 132 valence electrons. The summed E-state index contributed by atoms with van der Waals surface area (Å²) < 4.78 is 45.3. The first-order valence-corrected chi connectivity index (χ1v) is 7.83. The van der Waals surface area contributed by atoms with Crippen molar-refractivity contribution < 1.29 is 22.7 Å². The molecule has 3 aromatic rings. The first-order valence-electron chi connectivity index (χ1n) is 7.83. The van der Waals surface area contributed by atoms with Gasteiger partial charge in [0.2, 0.25) is 0 Å². The second kappa shape index (κ2) is 6.90. The average molecular weight is 349 g/mol. The first-order chi connectivity index (χ1) is 11.9. The molecule has 2 atom stereocenters. The van der Waals surface area contributed by atoms with Crippen molar-refractivity contribution in [3.8, 4) is 0 Å². The molecule has 0 saturated carbocycles. The highest BCUT2D eigenvalue weighted by atomic mass is 19.4. The van der Waals surface area contributed by atoms with Gasteiger partial charge in [-0.05, 0) is 24.7 Å².